The number of carbonyl (C=O) groups excluding carboxylic acids is 1. The third-order valence-corrected chi connectivity index (χ3v) is 3.03. The second kappa shape index (κ2) is 5.10. The van der Waals surface area contributed by atoms with Gasteiger partial charge in [0.25, 0.3) is 0 Å². The molecular formula is C10H16N2OS. The van der Waals surface area contributed by atoms with Crippen LogP contribution in [0.25, 0.3) is 0 Å². The maximum absolute atomic E-state index is 10.8. The average molecular weight is 212 g/mol. The standard InChI is InChI=1S/C10H16N2OS/c1-4-6-8-9(5-2)14-10(12-8)11-7(3)13/h4-6H2,1-3H3,(H,11,12,13). The molecule has 78 valence electrons. The van der Waals surface area contributed by atoms with E-state index in [0.29, 0.717) is 0 Å². The van der Waals surface area contributed by atoms with Crippen molar-refractivity contribution in [1.29, 1.82) is 0 Å². The van der Waals surface area contributed by atoms with Gasteiger partial charge in [-0.2, -0.15) is 0 Å². The number of nitrogens with zero attached hydrogens (tertiary/aromatic N) is 1. The molecule has 1 N–H and O–H groups in total. The molecule has 0 spiro atoms. The van der Waals surface area contributed by atoms with Crippen LogP contribution in [0.15, 0.2) is 0 Å². The van der Waals surface area contributed by atoms with Crippen molar-refractivity contribution in [2.45, 2.75) is 40.0 Å². The Morgan fingerprint density at radius 2 is 2.21 bits per heavy atom. The van der Waals surface area contributed by atoms with Crippen molar-refractivity contribution in [2.75, 3.05) is 5.32 Å². The number of rotatable bonds is 4. The van der Waals surface area contributed by atoms with E-state index in [0.717, 1.165) is 30.1 Å². The van der Waals surface area contributed by atoms with Crippen LogP contribution in [0.1, 0.15) is 37.8 Å². The van der Waals surface area contributed by atoms with E-state index >= 15 is 0 Å². The van der Waals surface area contributed by atoms with E-state index in [-0.39, 0.29) is 5.91 Å². The van der Waals surface area contributed by atoms with Crippen molar-refractivity contribution in [3.8, 4) is 0 Å². The van der Waals surface area contributed by atoms with Crippen LogP contribution in [0, 0.1) is 0 Å². The summed E-state index contributed by atoms with van der Waals surface area (Å²) >= 11 is 1.58. The summed E-state index contributed by atoms with van der Waals surface area (Å²) in [5, 5.41) is 3.46. The largest absolute Gasteiger partial charge is 0.302 e. The van der Waals surface area contributed by atoms with Gasteiger partial charge < -0.3 is 5.32 Å². The Labute approximate surface area is 88.6 Å². The molecule has 3 nitrogen and oxygen atoms in total. The normalized spacial score (nSPS) is 10.2. The lowest BCUT2D eigenvalue weighted by Crippen LogP contribution is -2.05. The quantitative estimate of drug-likeness (QED) is 0.833. The number of aromatic nitrogens is 1. The van der Waals surface area contributed by atoms with Gasteiger partial charge in [-0.05, 0) is 12.8 Å². The maximum Gasteiger partial charge on any atom is 0.223 e. The molecule has 0 unspecified atom stereocenters. The lowest BCUT2D eigenvalue weighted by molar-refractivity contribution is -0.114. The summed E-state index contributed by atoms with van der Waals surface area (Å²) in [7, 11) is 0. The Morgan fingerprint density at radius 1 is 1.50 bits per heavy atom. The topological polar surface area (TPSA) is 42.0 Å². The first-order chi connectivity index (χ1) is 6.67. The molecule has 1 amide bonds. The summed E-state index contributed by atoms with van der Waals surface area (Å²) in [6.45, 7) is 5.76. The molecule has 4 heteroatoms. The zero-order valence-corrected chi connectivity index (χ0v) is 9.70. The molecular weight excluding hydrogens is 196 g/mol. The van der Waals surface area contributed by atoms with Gasteiger partial charge >= 0.3 is 0 Å². The highest BCUT2D eigenvalue weighted by Crippen LogP contribution is 2.24. The van der Waals surface area contributed by atoms with Crippen molar-refractivity contribution >= 4 is 22.4 Å². The van der Waals surface area contributed by atoms with E-state index in [1.54, 1.807) is 11.3 Å². The number of hydrogen-bond acceptors (Lipinski definition) is 3. The van der Waals surface area contributed by atoms with E-state index in [4.69, 9.17) is 0 Å². The van der Waals surface area contributed by atoms with Crippen molar-refractivity contribution in [3.63, 3.8) is 0 Å². The minimum absolute atomic E-state index is 0.0514. The van der Waals surface area contributed by atoms with Crippen molar-refractivity contribution in [3.05, 3.63) is 10.6 Å². The fourth-order valence-corrected chi connectivity index (χ4v) is 2.29. The fraction of sp³-hybridized carbons (Fsp3) is 0.600. The van der Waals surface area contributed by atoms with Crippen LogP contribution in [0.5, 0.6) is 0 Å². The van der Waals surface area contributed by atoms with Gasteiger partial charge in [-0.1, -0.05) is 20.3 Å². The van der Waals surface area contributed by atoms with Gasteiger partial charge in [-0.25, -0.2) is 4.98 Å². The Balaban J connectivity index is 2.82. The predicted molar refractivity (Wildman–Crippen MR) is 59.8 cm³/mol. The third-order valence-electron chi connectivity index (χ3n) is 1.87. The SMILES string of the molecule is CCCc1nc(NC(C)=O)sc1CC. The zero-order valence-electron chi connectivity index (χ0n) is 8.89. The molecule has 0 aliphatic heterocycles. The van der Waals surface area contributed by atoms with E-state index in [9.17, 15) is 4.79 Å². The number of carbonyl (C=O) groups is 1. The predicted octanol–water partition coefficient (Wildman–Crippen LogP) is 2.62. The van der Waals surface area contributed by atoms with E-state index < -0.39 is 0 Å². The molecule has 14 heavy (non-hydrogen) atoms. The lowest BCUT2D eigenvalue weighted by atomic mass is 10.2. The third kappa shape index (κ3) is 2.80. The first-order valence-electron chi connectivity index (χ1n) is 4.93. The van der Waals surface area contributed by atoms with E-state index in [2.05, 4.69) is 24.1 Å². The summed E-state index contributed by atoms with van der Waals surface area (Å²) in [5.74, 6) is -0.0514. The molecule has 0 aliphatic rings. The molecule has 0 saturated carbocycles. The van der Waals surface area contributed by atoms with Crippen molar-refractivity contribution in [1.82, 2.24) is 4.98 Å². The van der Waals surface area contributed by atoms with Crippen LogP contribution in [-0.4, -0.2) is 10.9 Å². The van der Waals surface area contributed by atoms with Gasteiger partial charge in [0.05, 0.1) is 5.69 Å². The van der Waals surface area contributed by atoms with Crippen LogP contribution in [0.2, 0.25) is 0 Å². The number of nitrogens with one attached hydrogen (secondary N) is 1. The van der Waals surface area contributed by atoms with Crippen LogP contribution >= 0.6 is 11.3 Å². The van der Waals surface area contributed by atoms with Crippen LogP contribution in [0.4, 0.5) is 5.13 Å². The summed E-state index contributed by atoms with van der Waals surface area (Å²) < 4.78 is 0. The second-order valence-corrected chi connectivity index (χ2v) is 4.26. The molecule has 0 aliphatic carbocycles. The zero-order chi connectivity index (χ0) is 10.6. The molecule has 1 rings (SSSR count). The minimum atomic E-state index is -0.0514. The van der Waals surface area contributed by atoms with E-state index in [1.807, 2.05) is 0 Å². The van der Waals surface area contributed by atoms with Crippen LogP contribution < -0.4 is 5.32 Å². The number of amides is 1. The highest BCUT2D eigenvalue weighted by atomic mass is 32.1. The molecule has 1 aromatic heterocycles. The molecule has 0 bridgehead atoms. The summed E-state index contributed by atoms with van der Waals surface area (Å²) in [5.41, 5.74) is 1.14. The maximum atomic E-state index is 10.8. The summed E-state index contributed by atoms with van der Waals surface area (Å²) in [6, 6.07) is 0. The van der Waals surface area contributed by atoms with Gasteiger partial charge in [0.1, 0.15) is 0 Å². The van der Waals surface area contributed by atoms with Gasteiger partial charge in [-0.15, -0.1) is 11.3 Å². The van der Waals surface area contributed by atoms with Crippen LogP contribution in [-0.2, 0) is 17.6 Å². The number of thiazole rings is 1. The molecule has 0 saturated heterocycles. The first-order valence-corrected chi connectivity index (χ1v) is 5.75. The number of aryl methyl sites for hydroxylation is 2. The molecule has 0 atom stereocenters. The Hall–Kier alpha value is -0.900. The number of hydrogen-bond donors (Lipinski definition) is 1. The van der Waals surface area contributed by atoms with Gasteiger partial charge in [-0.3, -0.25) is 4.79 Å². The van der Waals surface area contributed by atoms with Crippen molar-refractivity contribution < 1.29 is 4.79 Å². The second-order valence-electron chi connectivity index (χ2n) is 3.17. The monoisotopic (exact) mass is 212 g/mol. The molecule has 1 heterocycles. The molecule has 0 radical (unpaired) electrons. The smallest absolute Gasteiger partial charge is 0.223 e. The Bertz CT molecular complexity index is 320. The van der Waals surface area contributed by atoms with Crippen molar-refractivity contribution in [2.24, 2.45) is 0 Å². The molecule has 0 aromatic carbocycles. The molecule has 0 fully saturated rings. The van der Waals surface area contributed by atoms with Gasteiger partial charge in [0.2, 0.25) is 5.91 Å². The van der Waals surface area contributed by atoms with Gasteiger partial charge in [0.15, 0.2) is 5.13 Å². The Kier molecular flexibility index (Phi) is 4.07. The first kappa shape index (κ1) is 11.2. The van der Waals surface area contributed by atoms with Gasteiger partial charge in [0, 0.05) is 11.8 Å². The van der Waals surface area contributed by atoms with E-state index in [1.165, 1.54) is 11.8 Å². The number of anilines is 1. The van der Waals surface area contributed by atoms with Crippen LogP contribution in [0.3, 0.4) is 0 Å². The summed E-state index contributed by atoms with van der Waals surface area (Å²) in [4.78, 5) is 16.5. The average Bonchev–Trinajstić information content (AvgIpc) is 2.47. The minimum Gasteiger partial charge on any atom is -0.302 e. The molecule has 1 aromatic rings. The summed E-state index contributed by atoms with van der Waals surface area (Å²) in [6.07, 6.45) is 3.09. The highest BCUT2D eigenvalue weighted by Gasteiger charge is 2.09. The highest BCUT2D eigenvalue weighted by molar-refractivity contribution is 7.15. The Morgan fingerprint density at radius 3 is 2.71 bits per heavy atom. The lowest BCUT2D eigenvalue weighted by Gasteiger charge is -1.94. The fourth-order valence-electron chi connectivity index (χ4n) is 1.30.